The van der Waals surface area contributed by atoms with E-state index in [0.717, 1.165) is 6.42 Å². The minimum atomic E-state index is -3.94. The number of nitrogens with one attached hydrogen (secondary N) is 1. The van der Waals surface area contributed by atoms with Gasteiger partial charge in [0.25, 0.3) is 0 Å². The first-order chi connectivity index (χ1) is 6.42. The molecule has 0 amide bonds. The lowest BCUT2D eigenvalue weighted by molar-refractivity contribution is -0.126. The van der Waals surface area contributed by atoms with Crippen LogP contribution >= 0.6 is 0 Å². The second kappa shape index (κ2) is 4.44. The third-order valence-corrected chi connectivity index (χ3v) is 2.42. The molecule has 0 aromatic heterocycles. The summed E-state index contributed by atoms with van der Waals surface area (Å²) in [6.07, 6.45) is -1.58. The summed E-state index contributed by atoms with van der Waals surface area (Å²) in [6.45, 7) is -0.970. The minimum absolute atomic E-state index is 0.00710. The molecule has 0 heterocycles. The highest BCUT2D eigenvalue weighted by Gasteiger charge is 2.41. The van der Waals surface area contributed by atoms with E-state index in [1.54, 1.807) is 0 Å². The normalized spacial score (nSPS) is 28.7. The van der Waals surface area contributed by atoms with E-state index in [0.29, 0.717) is 12.8 Å². The number of alkyl halides is 4. The van der Waals surface area contributed by atoms with Gasteiger partial charge in [-0.05, 0) is 19.3 Å². The van der Waals surface area contributed by atoms with Gasteiger partial charge in [-0.1, -0.05) is 0 Å². The van der Waals surface area contributed by atoms with Gasteiger partial charge < -0.3 is 11.1 Å². The molecule has 84 valence electrons. The molecule has 0 saturated heterocycles. The Kier molecular flexibility index (Phi) is 3.71. The Labute approximate surface area is 79.8 Å². The Balaban J connectivity index is 2.26. The van der Waals surface area contributed by atoms with Crippen LogP contribution in [0.15, 0.2) is 0 Å². The number of nitrogens with two attached hydrogens (primary N) is 1. The summed E-state index contributed by atoms with van der Waals surface area (Å²) in [5, 5.41) is 2.42. The monoisotopic (exact) mass is 214 g/mol. The zero-order valence-electron chi connectivity index (χ0n) is 7.65. The highest BCUT2D eigenvalue weighted by Crippen LogP contribution is 2.23. The average molecular weight is 214 g/mol. The second-order valence-electron chi connectivity index (χ2n) is 3.71. The highest BCUT2D eigenvalue weighted by molar-refractivity contribution is 4.84. The third kappa shape index (κ3) is 3.09. The molecule has 2 atom stereocenters. The van der Waals surface area contributed by atoms with Crippen molar-refractivity contribution in [3.63, 3.8) is 0 Å². The molecule has 2 unspecified atom stereocenters. The van der Waals surface area contributed by atoms with Crippen LogP contribution in [-0.4, -0.2) is 31.0 Å². The Morgan fingerprint density at radius 1 is 1.36 bits per heavy atom. The van der Waals surface area contributed by atoms with Gasteiger partial charge in [-0.2, -0.15) is 8.78 Å². The minimum Gasteiger partial charge on any atom is -0.328 e. The first kappa shape index (κ1) is 11.7. The molecule has 0 aromatic rings. The molecular weight excluding hydrogens is 200 g/mol. The summed E-state index contributed by atoms with van der Waals surface area (Å²) < 4.78 is 48.4. The van der Waals surface area contributed by atoms with Gasteiger partial charge in [-0.25, -0.2) is 8.78 Å². The van der Waals surface area contributed by atoms with Gasteiger partial charge in [0, 0.05) is 12.1 Å². The predicted molar refractivity (Wildman–Crippen MR) is 44.6 cm³/mol. The molecule has 1 fully saturated rings. The summed E-state index contributed by atoms with van der Waals surface area (Å²) in [6, 6.07) is -0.137. The third-order valence-electron chi connectivity index (χ3n) is 2.42. The lowest BCUT2D eigenvalue weighted by atomic mass is 10.2. The Hall–Kier alpha value is -0.360. The van der Waals surface area contributed by atoms with Crippen molar-refractivity contribution in [2.45, 2.75) is 43.7 Å². The van der Waals surface area contributed by atoms with Crippen molar-refractivity contribution in [1.29, 1.82) is 0 Å². The number of hydrogen-bond donors (Lipinski definition) is 2. The zero-order valence-corrected chi connectivity index (χ0v) is 7.65. The van der Waals surface area contributed by atoms with Crippen LogP contribution in [0.1, 0.15) is 19.3 Å². The molecule has 0 aliphatic heterocycles. The van der Waals surface area contributed by atoms with E-state index in [2.05, 4.69) is 5.32 Å². The average Bonchev–Trinajstić information content (AvgIpc) is 2.48. The molecule has 1 aliphatic carbocycles. The van der Waals surface area contributed by atoms with Crippen molar-refractivity contribution in [3.05, 3.63) is 0 Å². The van der Waals surface area contributed by atoms with E-state index < -0.39 is 18.9 Å². The van der Waals surface area contributed by atoms with Crippen LogP contribution in [0.2, 0.25) is 0 Å². The molecule has 3 N–H and O–H groups in total. The highest BCUT2D eigenvalue weighted by atomic mass is 19.3. The van der Waals surface area contributed by atoms with Crippen LogP contribution in [0.3, 0.4) is 0 Å². The van der Waals surface area contributed by atoms with E-state index in [1.807, 2.05) is 0 Å². The van der Waals surface area contributed by atoms with Crippen LogP contribution < -0.4 is 11.1 Å². The maximum Gasteiger partial charge on any atom is 0.319 e. The molecule has 0 radical (unpaired) electrons. The summed E-state index contributed by atoms with van der Waals surface area (Å²) in [5.74, 6) is -3.94. The van der Waals surface area contributed by atoms with E-state index in [4.69, 9.17) is 5.73 Å². The first-order valence-corrected chi connectivity index (χ1v) is 4.57. The largest absolute Gasteiger partial charge is 0.328 e. The summed E-state index contributed by atoms with van der Waals surface area (Å²) in [7, 11) is 0. The number of halogens is 4. The fourth-order valence-corrected chi connectivity index (χ4v) is 1.56. The fraction of sp³-hybridized carbons (Fsp3) is 1.00. The molecule has 0 bridgehead atoms. The first-order valence-electron chi connectivity index (χ1n) is 4.57. The van der Waals surface area contributed by atoms with E-state index in [-0.39, 0.29) is 12.1 Å². The quantitative estimate of drug-likeness (QED) is 0.693. The topological polar surface area (TPSA) is 38.0 Å². The molecule has 1 rings (SSSR count). The van der Waals surface area contributed by atoms with Gasteiger partial charge in [0.1, 0.15) is 0 Å². The van der Waals surface area contributed by atoms with E-state index >= 15 is 0 Å². The number of rotatable bonds is 4. The van der Waals surface area contributed by atoms with Crippen molar-refractivity contribution >= 4 is 0 Å². The Morgan fingerprint density at radius 2 is 2.00 bits per heavy atom. The molecule has 0 aromatic carbocycles. The second-order valence-corrected chi connectivity index (χ2v) is 3.71. The van der Waals surface area contributed by atoms with E-state index in [9.17, 15) is 17.6 Å². The van der Waals surface area contributed by atoms with Gasteiger partial charge in [0.2, 0.25) is 0 Å². The molecule has 1 saturated carbocycles. The van der Waals surface area contributed by atoms with Crippen LogP contribution in [0.5, 0.6) is 0 Å². The van der Waals surface area contributed by atoms with Gasteiger partial charge >= 0.3 is 12.3 Å². The Morgan fingerprint density at radius 3 is 2.43 bits per heavy atom. The molecule has 1 aliphatic rings. The van der Waals surface area contributed by atoms with Gasteiger partial charge in [0.05, 0.1) is 6.54 Å². The summed E-state index contributed by atoms with van der Waals surface area (Å²) in [5.41, 5.74) is 5.55. The molecule has 6 heteroatoms. The predicted octanol–water partition coefficient (Wildman–Crippen LogP) is 1.36. The maximum absolute atomic E-state index is 12.5. The lowest BCUT2D eigenvalue weighted by Gasteiger charge is -2.19. The SMILES string of the molecule is NC1CCC(NCC(F)(F)C(F)F)C1. The van der Waals surface area contributed by atoms with Crippen LogP contribution in [0.25, 0.3) is 0 Å². The Bertz CT molecular complexity index is 186. The van der Waals surface area contributed by atoms with Gasteiger partial charge in [0.15, 0.2) is 0 Å². The van der Waals surface area contributed by atoms with Crippen molar-refractivity contribution in [3.8, 4) is 0 Å². The van der Waals surface area contributed by atoms with Crippen LogP contribution in [0, 0.1) is 0 Å². The van der Waals surface area contributed by atoms with Crippen molar-refractivity contribution in [2.75, 3.05) is 6.54 Å². The standard InChI is InChI=1S/C8H14F4N2/c9-7(10)8(11,12)4-14-6-2-1-5(13)3-6/h5-7,14H,1-4,13H2. The van der Waals surface area contributed by atoms with Crippen molar-refractivity contribution < 1.29 is 17.6 Å². The van der Waals surface area contributed by atoms with Gasteiger partial charge in [-0.15, -0.1) is 0 Å². The lowest BCUT2D eigenvalue weighted by Crippen LogP contribution is -2.42. The number of hydrogen-bond acceptors (Lipinski definition) is 2. The van der Waals surface area contributed by atoms with Gasteiger partial charge in [-0.3, -0.25) is 0 Å². The molecule has 14 heavy (non-hydrogen) atoms. The smallest absolute Gasteiger partial charge is 0.319 e. The summed E-state index contributed by atoms with van der Waals surface area (Å²) >= 11 is 0. The molecular formula is C8H14F4N2. The maximum atomic E-state index is 12.5. The van der Waals surface area contributed by atoms with Crippen LogP contribution in [-0.2, 0) is 0 Å². The van der Waals surface area contributed by atoms with Crippen LogP contribution in [0.4, 0.5) is 17.6 Å². The summed E-state index contributed by atoms with van der Waals surface area (Å²) in [4.78, 5) is 0. The molecule has 2 nitrogen and oxygen atoms in total. The van der Waals surface area contributed by atoms with E-state index in [1.165, 1.54) is 0 Å². The zero-order chi connectivity index (χ0) is 10.8. The van der Waals surface area contributed by atoms with Crippen molar-refractivity contribution in [1.82, 2.24) is 5.32 Å². The molecule has 0 spiro atoms. The van der Waals surface area contributed by atoms with Crippen molar-refractivity contribution in [2.24, 2.45) is 5.73 Å². The fourth-order valence-electron chi connectivity index (χ4n) is 1.56.